The Morgan fingerprint density at radius 3 is 2.29 bits per heavy atom. The lowest BCUT2D eigenvalue weighted by Gasteiger charge is -2.22. The largest absolute Gasteiger partial charge is 0.384 e. The molecule has 1 N–H and O–H groups in total. The molecule has 1 fully saturated rings. The summed E-state index contributed by atoms with van der Waals surface area (Å²) in [7, 11) is 0. The summed E-state index contributed by atoms with van der Waals surface area (Å²) in [5.41, 5.74) is 2.95. The Kier molecular flexibility index (Phi) is 4.90. The number of halogens is 2. The van der Waals surface area contributed by atoms with E-state index < -0.39 is 6.10 Å². The molecule has 1 saturated carbocycles. The predicted molar refractivity (Wildman–Crippen MR) is 90.7 cm³/mol. The van der Waals surface area contributed by atoms with Crippen molar-refractivity contribution < 1.29 is 5.11 Å². The summed E-state index contributed by atoms with van der Waals surface area (Å²) in [6.45, 7) is 0. The molecule has 1 heterocycles. The predicted octanol–water partition coefficient (Wildman–Crippen LogP) is 6.18. The van der Waals surface area contributed by atoms with Crippen molar-refractivity contribution in [3.8, 4) is 0 Å². The molecular weight excluding hydrogens is 323 g/mol. The average molecular weight is 341 g/mol. The first-order valence-electron chi connectivity index (χ1n) is 7.38. The van der Waals surface area contributed by atoms with Crippen LogP contribution in [0.5, 0.6) is 0 Å². The van der Waals surface area contributed by atoms with Crippen LogP contribution in [0.3, 0.4) is 0 Å². The summed E-state index contributed by atoms with van der Waals surface area (Å²) >= 11 is 13.4. The van der Waals surface area contributed by atoms with Gasteiger partial charge in [-0.1, -0.05) is 66.7 Å². The van der Waals surface area contributed by atoms with E-state index in [0.717, 1.165) is 5.56 Å². The lowest BCUT2D eigenvalue weighted by molar-refractivity contribution is 0.221. The van der Waals surface area contributed by atoms with Gasteiger partial charge < -0.3 is 5.11 Å². The van der Waals surface area contributed by atoms with Gasteiger partial charge in [-0.15, -0.1) is 11.3 Å². The molecule has 1 aliphatic rings. The number of aliphatic hydroxyl groups is 1. The Hall–Kier alpha value is -0.540. The van der Waals surface area contributed by atoms with Gasteiger partial charge in [0, 0.05) is 5.56 Å². The van der Waals surface area contributed by atoms with Gasteiger partial charge in [0.1, 0.15) is 10.4 Å². The third-order valence-corrected chi connectivity index (χ3v) is 5.82. The molecule has 1 aliphatic carbocycles. The van der Waals surface area contributed by atoms with Crippen molar-refractivity contribution in [3.05, 3.63) is 55.7 Å². The van der Waals surface area contributed by atoms with Crippen molar-refractivity contribution in [2.24, 2.45) is 0 Å². The van der Waals surface area contributed by atoms with Crippen molar-refractivity contribution in [2.75, 3.05) is 0 Å². The monoisotopic (exact) mass is 340 g/mol. The van der Waals surface area contributed by atoms with Crippen molar-refractivity contribution in [2.45, 2.75) is 44.1 Å². The Morgan fingerprint density at radius 1 is 1.05 bits per heavy atom. The molecule has 0 saturated heterocycles. The Bertz CT molecular complexity index is 600. The molecule has 0 aliphatic heterocycles. The molecule has 21 heavy (non-hydrogen) atoms. The summed E-state index contributed by atoms with van der Waals surface area (Å²) < 4.78 is 1.16. The minimum atomic E-state index is -0.707. The highest BCUT2D eigenvalue weighted by Crippen LogP contribution is 2.38. The van der Waals surface area contributed by atoms with Crippen LogP contribution in [0.25, 0.3) is 0 Å². The van der Waals surface area contributed by atoms with E-state index in [-0.39, 0.29) is 0 Å². The van der Waals surface area contributed by atoms with Crippen LogP contribution >= 0.6 is 34.5 Å². The van der Waals surface area contributed by atoms with E-state index >= 15 is 0 Å². The highest BCUT2D eigenvalue weighted by Gasteiger charge is 2.19. The standard InChI is InChI=1S/C17H18Cl2OS/c18-15-10-14(17(19)21-15)16(20)13-8-6-12(7-9-13)11-4-2-1-3-5-11/h6-11,16,20H,1-5H2. The summed E-state index contributed by atoms with van der Waals surface area (Å²) in [6.07, 6.45) is 5.89. The van der Waals surface area contributed by atoms with Gasteiger partial charge in [-0.25, -0.2) is 0 Å². The molecule has 1 unspecified atom stereocenters. The minimum Gasteiger partial charge on any atom is -0.384 e. The molecule has 0 bridgehead atoms. The third-order valence-electron chi connectivity index (χ3n) is 4.31. The number of hydrogen-bond donors (Lipinski definition) is 1. The Balaban J connectivity index is 1.78. The normalized spacial score (nSPS) is 17.9. The molecule has 1 aromatic carbocycles. The summed E-state index contributed by atoms with van der Waals surface area (Å²) in [4.78, 5) is 0. The number of rotatable bonds is 3. The molecule has 0 spiro atoms. The second-order valence-electron chi connectivity index (χ2n) is 5.68. The van der Waals surface area contributed by atoms with Crippen LogP contribution in [0, 0.1) is 0 Å². The fraction of sp³-hybridized carbons (Fsp3) is 0.412. The lowest BCUT2D eigenvalue weighted by Crippen LogP contribution is -2.05. The maximum absolute atomic E-state index is 10.5. The van der Waals surface area contributed by atoms with Gasteiger partial charge >= 0.3 is 0 Å². The zero-order valence-electron chi connectivity index (χ0n) is 11.7. The van der Waals surface area contributed by atoms with Crippen LogP contribution in [0.4, 0.5) is 0 Å². The number of aliphatic hydroxyl groups excluding tert-OH is 1. The van der Waals surface area contributed by atoms with Crippen LogP contribution in [-0.4, -0.2) is 5.11 Å². The van der Waals surface area contributed by atoms with Crippen LogP contribution in [-0.2, 0) is 0 Å². The molecule has 112 valence electrons. The van der Waals surface area contributed by atoms with Crippen molar-refractivity contribution in [1.82, 2.24) is 0 Å². The van der Waals surface area contributed by atoms with Gasteiger partial charge in [-0.2, -0.15) is 0 Å². The molecule has 1 atom stereocenters. The average Bonchev–Trinajstić information content (AvgIpc) is 2.86. The van der Waals surface area contributed by atoms with Crippen LogP contribution in [0.1, 0.15) is 60.8 Å². The molecule has 1 aromatic heterocycles. The summed E-state index contributed by atoms with van der Waals surface area (Å²) in [5, 5.41) is 10.5. The maximum atomic E-state index is 10.5. The molecule has 0 radical (unpaired) electrons. The molecule has 3 rings (SSSR count). The van der Waals surface area contributed by atoms with E-state index in [1.807, 2.05) is 12.1 Å². The fourth-order valence-corrected chi connectivity index (χ4v) is 4.63. The smallest absolute Gasteiger partial charge is 0.106 e. The molecule has 4 heteroatoms. The molecule has 2 aromatic rings. The van der Waals surface area contributed by atoms with Crippen molar-refractivity contribution in [1.29, 1.82) is 0 Å². The van der Waals surface area contributed by atoms with Gasteiger partial charge in [0.15, 0.2) is 0 Å². The number of hydrogen-bond acceptors (Lipinski definition) is 2. The van der Waals surface area contributed by atoms with E-state index in [1.165, 1.54) is 49.0 Å². The Morgan fingerprint density at radius 2 is 1.71 bits per heavy atom. The fourth-order valence-electron chi connectivity index (χ4n) is 3.11. The van der Waals surface area contributed by atoms with Gasteiger partial charge in [0.2, 0.25) is 0 Å². The molecule has 0 amide bonds. The highest BCUT2D eigenvalue weighted by molar-refractivity contribution is 7.20. The van der Waals surface area contributed by atoms with Crippen molar-refractivity contribution in [3.63, 3.8) is 0 Å². The molecular formula is C17H18Cl2OS. The van der Waals surface area contributed by atoms with Gasteiger partial charge in [-0.3, -0.25) is 0 Å². The zero-order chi connectivity index (χ0) is 14.8. The first-order chi connectivity index (χ1) is 10.1. The third kappa shape index (κ3) is 3.45. The van der Waals surface area contributed by atoms with Crippen LogP contribution < -0.4 is 0 Å². The quantitative estimate of drug-likeness (QED) is 0.706. The maximum Gasteiger partial charge on any atom is 0.106 e. The second-order valence-corrected chi connectivity index (χ2v) is 7.97. The van der Waals surface area contributed by atoms with Crippen LogP contribution in [0.15, 0.2) is 30.3 Å². The van der Waals surface area contributed by atoms with E-state index in [2.05, 4.69) is 12.1 Å². The zero-order valence-corrected chi connectivity index (χ0v) is 14.0. The summed E-state index contributed by atoms with van der Waals surface area (Å²) in [6, 6.07) is 10.1. The topological polar surface area (TPSA) is 20.2 Å². The Labute approximate surface area is 139 Å². The number of benzene rings is 1. The van der Waals surface area contributed by atoms with Crippen molar-refractivity contribution >= 4 is 34.5 Å². The van der Waals surface area contributed by atoms with Crippen LogP contribution in [0.2, 0.25) is 8.67 Å². The van der Waals surface area contributed by atoms with Gasteiger partial charge in [0.25, 0.3) is 0 Å². The number of thiophene rings is 1. The highest BCUT2D eigenvalue weighted by atomic mass is 35.5. The molecule has 1 nitrogen and oxygen atoms in total. The first kappa shape index (κ1) is 15.4. The SMILES string of the molecule is OC(c1ccc(C2CCCCC2)cc1)c1cc(Cl)sc1Cl. The van der Waals surface area contributed by atoms with E-state index in [9.17, 15) is 5.11 Å². The van der Waals surface area contributed by atoms with Gasteiger partial charge in [-0.05, 0) is 36.0 Å². The second kappa shape index (κ2) is 6.70. The van der Waals surface area contributed by atoms with Gasteiger partial charge in [0.05, 0.1) is 4.34 Å². The summed E-state index contributed by atoms with van der Waals surface area (Å²) in [5.74, 6) is 0.684. The van der Waals surface area contributed by atoms with E-state index in [4.69, 9.17) is 23.2 Å². The lowest BCUT2D eigenvalue weighted by atomic mass is 9.83. The first-order valence-corrected chi connectivity index (χ1v) is 8.95. The van der Waals surface area contributed by atoms with E-state index in [1.54, 1.807) is 6.07 Å². The minimum absolute atomic E-state index is 0.559. The van der Waals surface area contributed by atoms with E-state index in [0.29, 0.717) is 20.2 Å².